The summed E-state index contributed by atoms with van der Waals surface area (Å²) in [6.07, 6.45) is -0.692. The van der Waals surface area contributed by atoms with Gasteiger partial charge < -0.3 is 20.5 Å². The van der Waals surface area contributed by atoms with Crippen molar-refractivity contribution in [3.8, 4) is 11.5 Å². The van der Waals surface area contributed by atoms with Crippen LogP contribution in [-0.2, 0) is 9.59 Å². The number of carbonyl (C=O) groups excluding carboxylic acids is 2. The Kier molecular flexibility index (Phi) is 6.71. The molecule has 7 heteroatoms. The second kappa shape index (κ2) is 8.98. The van der Waals surface area contributed by atoms with E-state index < -0.39 is 12.0 Å². The molecule has 1 atom stereocenters. The highest BCUT2D eigenvalue weighted by atomic mass is 32.2. The van der Waals surface area contributed by atoms with Gasteiger partial charge in [-0.05, 0) is 43.3 Å². The first kappa shape index (κ1) is 18.7. The summed E-state index contributed by atoms with van der Waals surface area (Å²) in [5.74, 6) is 0.722. The molecule has 0 saturated heterocycles. The van der Waals surface area contributed by atoms with E-state index in [1.54, 1.807) is 50.4 Å². The van der Waals surface area contributed by atoms with Crippen LogP contribution in [0.1, 0.15) is 6.92 Å². The van der Waals surface area contributed by atoms with Gasteiger partial charge in [-0.1, -0.05) is 12.1 Å². The molecule has 0 saturated carbocycles. The van der Waals surface area contributed by atoms with Gasteiger partial charge >= 0.3 is 0 Å². The lowest BCUT2D eigenvalue weighted by Crippen LogP contribution is -2.30. The van der Waals surface area contributed by atoms with Crippen LogP contribution in [0.3, 0.4) is 0 Å². The van der Waals surface area contributed by atoms with Crippen LogP contribution in [0, 0.1) is 0 Å². The van der Waals surface area contributed by atoms with Crippen molar-refractivity contribution >= 4 is 29.3 Å². The molecule has 132 valence electrons. The summed E-state index contributed by atoms with van der Waals surface area (Å²) in [6.45, 7) is 1.67. The lowest BCUT2D eigenvalue weighted by atomic mass is 10.3. The number of amides is 2. The maximum Gasteiger partial charge on any atom is 0.265 e. The number of rotatable bonds is 8. The highest BCUT2D eigenvalue weighted by molar-refractivity contribution is 8.00. The Balaban J connectivity index is 1.99. The number of methoxy groups -OCH3 is 1. The number of primary amides is 1. The largest absolute Gasteiger partial charge is 0.497 e. The van der Waals surface area contributed by atoms with Crippen molar-refractivity contribution in [2.24, 2.45) is 5.73 Å². The number of hydrogen-bond acceptors (Lipinski definition) is 5. The molecule has 2 amide bonds. The Labute approximate surface area is 150 Å². The Hall–Kier alpha value is -2.67. The number of anilines is 1. The van der Waals surface area contributed by atoms with Crippen molar-refractivity contribution in [1.29, 1.82) is 0 Å². The topological polar surface area (TPSA) is 90.7 Å². The third-order valence-electron chi connectivity index (χ3n) is 3.26. The SMILES string of the molecule is COc1ccc(OC(C)C(=O)Nc2ccccc2SCC(N)=O)cc1. The quantitative estimate of drug-likeness (QED) is 0.706. The summed E-state index contributed by atoms with van der Waals surface area (Å²) in [5, 5.41) is 2.82. The molecule has 0 aliphatic rings. The first-order chi connectivity index (χ1) is 12.0. The summed E-state index contributed by atoms with van der Waals surface area (Å²) in [6, 6.07) is 14.2. The molecule has 3 N–H and O–H groups in total. The van der Waals surface area contributed by atoms with Gasteiger partial charge in [0.05, 0.1) is 18.6 Å². The molecule has 0 spiro atoms. The maximum atomic E-state index is 12.4. The number of benzene rings is 2. The van der Waals surface area contributed by atoms with Crippen LogP contribution < -0.4 is 20.5 Å². The van der Waals surface area contributed by atoms with Gasteiger partial charge in [-0.25, -0.2) is 0 Å². The van der Waals surface area contributed by atoms with Gasteiger partial charge in [0, 0.05) is 4.90 Å². The van der Waals surface area contributed by atoms with E-state index in [1.165, 1.54) is 11.8 Å². The van der Waals surface area contributed by atoms with E-state index in [0.717, 1.165) is 4.90 Å². The van der Waals surface area contributed by atoms with Crippen LogP contribution in [0.5, 0.6) is 11.5 Å². The van der Waals surface area contributed by atoms with Crippen LogP contribution in [-0.4, -0.2) is 30.8 Å². The van der Waals surface area contributed by atoms with Gasteiger partial charge in [0.2, 0.25) is 5.91 Å². The molecule has 0 fully saturated rings. The molecule has 25 heavy (non-hydrogen) atoms. The average Bonchev–Trinajstić information content (AvgIpc) is 2.61. The van der Waals surface area contributed by atoms with Crippen molar-refractivity contribution in [3.63, 3.8) is 0 Å². The molecule has 2 rings (SSSR count). The van der Waals surface area contributed by atoms with E-state index in [1.807, 2.05) is 12.1 Å². The number of hydrogen-bond donors (Lipinski definition) is 2. The molecule has 0 radical (unpaired) electrons. The van der Waals surface area contributed by atoms with Crippen molar-refractivity contribution in [2.45, 2.75) is 17.9 Å². The summed E-state index contributed by atoms with van der Waals surface area (Å²) in [4.78, 5) is 24.1. The van der Waals surface area contributed by atoms with Crippen LogP contribution in [0.25, 0.3) is 0 Å². The van der Waals surface area contributed by atoms with Crippen LogP contribution in [0.2, 0.25) is 0 Å². The molecular formula is C18H20N2O4S. The van der Waals surface area contributed by atoms with E-state index in [-0.39, 0.29) is 11.7 Å². The predicted molar refractivity (Wildman–Crippen MR) is 98.1 cm³/mol. The van der Waals surface area contributed by atoms with E-state index in [2.05, 4.69) is 5.32 Å². The normalized spacial score (nSPS) is 11.4. The van der Waals surface area contributed by atoms with Crippen molar-refractivity contribution in [2.75, 3.05) is 18.2 Å². The van der Waals surface area contributed by atoms with E-state index in [9.17, 15) is 9.59 Å². The third kappa shape index (κ3) is 5.72. The molecule has 0 aromatic heterocycles. The zero-order valence-electron chi connectivity index (χ0n) is 14.0. The Morgan fingerprint density at radius 1 is 1.12 bits per heavy atom. The number of ether oxygens (including phenoxy) is 2. The summed E-state index contributed by atoms with van der Waals surface area (Å²) in [5.41, 5.74) is 5.79. The lowest BCUT2D eigenvalue weighted by molar-refractivity contribution is -0.122. The zero-order valence-corrected chi connectivity index (χ0v) is 14.8. The van der Waals surface area contributed by atoms with Gasteiger partial charge in [-0.15, -0.1) is 11.8 Å². The summed E-state index contributed by atoms with van der Waals surface area (Å²) < 4.78 is 10.7. The predicted octanol–water partition coefficient (Wildman–Crippen LogP) is 2.68. The van der Waals surface area contributed by atoms with Crippen LogP contribution >= 0.6 is 11.8 Å². The fourth-order valence-corrected chi connectivity index (χ4v) is 2.74. The molecule has 0 aliphatic heterocycles. The standard InChI is InChI=1S/C18H20N2O4S/c1-12(24-14-9-7-13(23-2)8-10-14)18(22)20-15-5-3-4-6-16(15)25-11-17(19)21/h3-10,12H,11H2,1-2H3,(H2,19,21)(H,20,22). The molecule has 0 aliphatic carbocycles. The fraction of sp³-hybridized carbons (Fsp3) is 0.222. The Morgan fingerprint density at radius 2 is 1.76 bits per heavy atom. The number of para-hydroxylation sites is 1. The highest BCUT2D eigenvalue weighted by Gasteiger charge is 2.16. The summed E-state index contributed by atoms with van der Waals surface area (Å²) >= 11 is 1.27. The third-order valence-corrected chi connectivity index (χ3v) is 4.35. The van der Waals surface area contributed by atoms with Crippen LogP contribution in [0.4, 0.5) is 5.69 Å². The monoisotopic (exact) mass is 360 g/mol. The Bertz CT molecular complexity index is 734. The van der Waals surface area contributed by atoms with Gasteiger partial charge in [0.15, 0.2) is 6.10 Å². The second-order valence-electron chi connectivity index (χ2n) is 5.18. The molecule has 0 bridgehead atoms. The van der Waals surface area contributed by atoms with E-state index in [4.69, 9.17) is 15.2 Å². The first-order valence-electron chi connectivity index (χ1n) is 7.61. The molecular weight excluding hydrogens is 340 g/mol. The van der Waals surface area contributed by atoms with Gasteiger partial charge in [-0.2, -0.15) is 0 Å². The maximum absolute atomic E-state index is 12.4. The average molecular weight is 360 g/mol. The Morgan fingerprint density at radius 3 is 2.40 bits per heavy atom. The molecule has 6 nitrogen and oxygen atoms in total. The minimum atomic E-state index is -0.692. The molecule has 2 aromatic carbocycles. The van der Waals surface area contributed by atoms with Crippen molar-refractivity contribution < 1.29 is 19.1 Å². The smallest absolute Gasteiger partial charge is 0.265 e. The van der Waals surface area contributed by atoms with Crippen molar-refractivity contribution in [1.82, 2.24) is 0 Å². The molecule has 2 aromatic rings. The van der Waals surface area contributed by atoms with Crippen LogP contribution in [0.15, 0.2) is 53.4 Å². The number of nitrogens with one attached hydrogen (secondary N) is 1. The van der Waals surface area contributed by atoms with Gasteiger partial charge in [-0.3, -0.25) is 9.59 Å². The number of carbonyl (C=O) groups is 2. The molecule has 1 unspecified atom stereocenters. The zero-order chi connectivity index (χ0) is 18.2. The number of thioether (sulfide) groups is 1. The first-order valence-corrected chi connectivity index (χ1v) is 8.60. The number of nitrogens with two attached hydrogens (primary N) is 1. The van der Waals surface area contributed by atoms with Gasteiger partial charge in [0.1, 0.15) is 11.5 Å². The lowest BCUT2D eigenvalue weighted by Gasteiger charge is -2.16. The van der Waals surface area contributed by atoms with Crippen molar-refractivity contribution in [3.05, 3.63) is 48.5 Å². The fourth-order valence-electron chi connectivity index (χ4n) is 1.99. The molecule has 0 heterocycles. The second-order valence-corrected chi connectivity index (χ2v) is 6.19. The summed E-state index contributed by atoms with van der Waals surface area (Å²) in [7, 11) is 1.58. The minimum Gasteiger partial charge on any atom is -0.497 e. The minimum absolute atomic E-state index is 0.144. The van der Waals surface area contributed by atoms with E-state index in [0.29, 0.717) is 17.2 Å². The highest BCUT2D eigenvalue weighted by Crippen LogP contribution is 2.27. The van der Waals surface area contributed by atoms with Gasteiger partial charge in [0.25, 0.3) is 5.91 Å². The van der Waals surface area contributed by atoms with E-state index >= 15 is 0 Å².